The van der Waals surface area contributed by atoms with Gasteiger partial charge >= 0.3 is 12.1 Å². The summed E-state index contributed by atoms with van der Waals surface area (Å²) in [4.78, 5) is 43.9. The number of carbonyl (C=O) groups is 2. The summed E-state index contributed by atoms with van der Waals surface area (Å²) in [6.45, 7) is 1.74. The third kappa shape index (κ3) is 4.72. The fraction of sp³-hybridized carbons (Fsp3) is 0.0833. The summed E-state index contributed by atoms with van der Waals surface area (Å²) in [5.41, 5.74) is 0.886. The third-order valence-corrected chi connectivity index (χ3v) is 4.71. The number of ether oxygens (including phenoxy) is 2. The zero-order valence-electron chi connectivity index (χ0n) is 17.4. The fourth-order valence-electron chi connectivity index (χ4n) is 3.22. The van der Waals surface area contributed by atoms with Gasteiger partial charge in [-0.05, 0) is 37.3 Å². The molecule has 2 aromatic carbocycles. The van der Waals surface area contributed by atoms with Crippen LogP contribution in [-0.2, 0) is 4.74 Å². The predicted octanol–water partition coefficient (Wildman–Crippen LogP) is 4.52. The second kappa shape index (κ2) is 9.31. The van der Waals surface area contributed by atoms with Crippen LogP contribution in [0.15, 0.2) is 71.8 Å². The summed E-state index contributed by atoms with van der Waals surface area (Å²) < 4.78 is 25.1. The zero-order valence-corrected chi connectivity index (χ0v) is 17.4. The molecule has 8 nitrogen and oxygen atoms in total. The van der Waals surface area contributed by atoms with Crippen molar-refractivity contribution in [1.29, 1.82) is 0 Å². The van der Waals surface area contributed by atoms with Crippen molar-refractivity contribution >= 4 is 28.7 Å². The Hall–Kier alpha value is -4.53. The van der Waals surface area contributed by atoms with Crippen LogP contribution in [-0.4, -0.2) is 28.6 Å². The Labute approximate surface area is 187 Å². The van der Waals surface area contributed by atoms with Crippen LogP contribution in [0.25, 0.3) is 22.2 Å². The number of hydrogen-bond acceptors (Lipinski definition) is 6. The number of fused-ring (bicyclic) bond motifs is 1. The summed E-state index contributed by atoms with van der Waals surface area (Å²) in [7, 11) is 0. The first-order valence-electron chi connectivity index (χ1n) is 9.98. The van der Waals surface area contributed by atoms with E-state index >= 15 is 0 Å². The summed E-state index contributed by atoms with van der Waals surface area (Å²) in [5.74, 6) is -2.11. The molecule has 0 aliphatic rings. The number of amides is 1. The van der Waals surface area contributed by atoms with E-state index in [0.29, 0.717) is 10.9 Å². The van der Waals surface area contributed by atoms with E-state index in [1.807, 2.05) is 0 Å². The van der Waals surface area contributed by atoms with Crippen LogP contribution in [0.4, 0.5) is 14.9 Å². The Bertz CT molecular complexity index is 1400. The molecule has 0 bridgehead atoms. The van der Waals surface area contributed by atoms with Gasteiger partial charge in [-0.2, -0.15) is 0 Å². The molecule has 0 spiro atoms. The van der Waals surface area contributed by atoms with E-state index in [9.17, 15) is 18.8 Å². The molecule has 2 aromatic heterocycles. The molecule has 0 aliphatic carbocycles. The lowest BCUT2D eigenvalue weighted by molar-refractivity contribution is 0.0727. The number of aromatic amines is 1. The second-order valence-electron chi connectivity index (χ2n) is 6.90. The highest BCUT2D eigenvalue weighted by atomic mass is 19.1. The maximum absolute atomic E-state index is 15.0. The molecule has 0 atom stereocenters. The van der Waals surface area contributed by atoms with Gasteiger partial charge in [0, 0.05) is 41.0 Å². The van der Waals surface area contributed by atoms with Crippen LogP contribution >= 0.6 is 0 Å². The summed E-state index contributed by atoms with van der Waals surface area (Å²) in [6, 6.07) is 13.4. The number of anilines is 1. The fourth-order valence-corrected chi connectivity index (χ4v) is 3.22. The van der Waals surface area contributed by atoms with Crippen molar-refractivity contribution in [2.24, 2.45) is 0 Å². The SMILES string of the molecule is CCOC(=O)Nc1cc(OC(=O)c2cccnc2)c(F)cc1-c1cc(=O)c2ccccc2[nH]1. The van der Waals surface area contributed by atoms with E-state index in [4.69, 9.17) is 9.47 Å². The Balaban J connectivity index is 1.79. The number of rotatable bonds is 5. The number of hydrogen-bond donors (Lipinski definition) is 2. The minimum atomic E-state index is -0.870. The number of halogens is 1. The lowest BCUT2D eigenvalue weighted by atomic mass is 10.1. The molecule has 4 rings (SSSR count). The van der Waals surface area contributed by atoms with Crippen LogP contribution in [0.1, 0.15) is 17.3 Å². The van der Waals surface area contributed by atoms with Crippen molar-refractivity contribution in [3.05, 3.63) is 88.6 Å². The number of nitrogens with one attached hydrogen (secondary N) is 2. The van der Waals surface area contributed by atoms with Gasteiger partial charge < -0.3 is 14.5 Å². The average Bonchev–Trinajstić information content (AvgIpc) is 2.81. The summed E-state index contributed by atoms with van der Waals surface area (Å²) in [6.07, 6.45) is 1.97. The van der Waals surface area contributed by atoms with E-state index in [-0.39, 0.29) is 34.5 Å². The smallest absolute Gasteiger partial charge is 0.411 e. The summed E-state index contributed by atoms with van der Waals surface area (Å²) in [5, 5.41) is 2.97. The molecular weight excluding hydrogens is 429 g/mol. The minimum absolute atomic E-state index is 0.0785. The number of benzene rings is 2. The molecule has 33 heavy (non-hydrogen) atoms. The molecule has 0 aliphatic heterocycles. The largest absolute Gasteiger partial charge is 0.450 e. The molecule has 166 valence electrons. The van der Waals surface area contributed by atoms with Gasteiger partial charge in [0.1, 0.15) is 0 Å². The number of esters is 1. The monoisotopic (exact) mass is 447 g/mol. The first-order valence-corrected chi connectivity index (χ1v) is 9.98. The van der Waals surface area contributed by atoms with Crippen LogP contribution < -0.4 is 15.5 Å². The van der Waals surface area contributed by atoms with Crippen molar-refractivity contribution in [3.63, 3.8) is 0 Å². The lowest BCUT2D eigenvalue weighted by Gasteiger charge is -2.15. The number of pyridine rings is 2. The van der Waals surface area contributed by atoms with Gasteiger partial charge in [-0.15, -0.1) is 0 Å². The second-order valence-corrected chi connectivity index (χ2v) is 6.90. The Morgan fingerprint density at radius 2 is 1.94 bits per heavy atom. The average molecular weight is 447 g/mol. The number of carbonyl (C=O) groups excluding carboxylic acids is 2. The first-order chi connectivity index (χ1) is 16.0. The van der Waals surface area contributed by atoms with Gasteiger partial charge in [-0.3, -0.25) is 15.1 Å². The predicted molar refractivity (Wildman–Crippen MR) is 120 cm³/mol. The van der Waals surface area contributed by atoms with E-state index in [0.717, 1.165) is 12.1 Å². The van der Waals surface area contributed by atoms with Crippen molar-refractivity contribution in [1.82, 2.24) is 9.97 Å². The maximum atomic E-state index is 15.0. The van der Waals surface area contributed by atoms with Crippen LogP contribution in [0.5, 0.6) is 5.75 Å². The molecule has 4 aromatic rings. The van der Waals surface area contributed by atoms with E-state index < -0.39 is 23.6 Å². The van der Waals surface area contributed by atoms with E-state index in [2.05, 4.69) is 15.3 Å². The van der Waals surface area contributed by atoms with Crippen LogP contribution in [0.3, 0.4) is 0 Å². The van der Waals surface area contributed by atoms with Gasteiger partial charge in [-0.1, -0.05) is 12.1 Å². The minimum Gasteiger partial charge on any atom is -0.450 e. The molecule has 2 heterocycles. The number of H-pyrrole nitrogens is 1. The topological polar surface area (TPSA) is 110 Å². The van der Waals surface area contributed by atoms with Gasteiger partial charge in [-0.25, -0.2) is 14.0 Å². The number of para-hydroxylation sites is 1. The molecule has 2 N–H and O–H groups in total. The molecule has 0 saturated heterocycles. The van der Waals surface area contributed by atoms with Crippen LogP contribution in [0, 0.1) is 5.82 Å². The molecule has 0 saturated carbocycles. The number of aromatic nitrogens is 2. The number of nitrogens with zero attached hydrogens (tertiary/aromatic N) is 1. The van der Waals surface area contributed by atoms with E-state index in [1.165, 1.54) is 24.5 Å². The molecule has 9 heteroatoms. The van der Waals surface area contributed by atoms with Gasteiger partial charge in [0.2, 0.25) is 0 Å². The highest BCUT2D eigenvalue weighted by Crippen LogP contribution is 2.34. The summed E-state index contributed by atoms with van der Waals surface area (Å²) >= 11 is 0. The molecule has 1 amide bonds. The third-order valence-electron chi connectivity index (χ3n) is 4.71. The normalized spacial score (nSPS) is 10.6. The van der Waals surface area contributed by atoms with Crippen molar-refractivity contribution < 1.29 is 23.5 Å². The van der Waals surface area contributed by atoms with Gasteiger partial charge in [0.05, 0.1) is 23.6 Å². The van der Waals surface area contributed by atoms with Gasteiger partial charge in [0.25, 0.3) is 0 Å². The molecule has 0 unspecified atom stereocenters. The lowest BCUT2D eigenvalue weighted by Crippen LogP contribution is -2.15. The molecule has 0 radical (unpaired) electrons. The zero-order chi connectivity index (χ0) is 23.4. The Morgan fingerprint density at radius 3 is 2.70 bits per heavy atom. The Morgan fingerprint density at radius 1 is 1.12 bits per heavy atom. The van der Waals surface area contributed by atoms with Crippen molar-refractivity contribution in [2.45, 2.75) is 6.92 Å². The highest BCUT2D eigenvalue weighted by Gasteiger charge is 2.19. The van der Waals surface area contributed by atoms with Crippen molar-refractivity contribution in [3.8, 4) is 17.0 Å². The van der Waals surface area contributed by atoms with Gasteiger partial charge in [0.15, 0.2) is 17.0 Å². The Kier molecular flexibility index (Phi) is 6.12. The molecule has 0 fully saturated rings. The van der Waals surface area contributed by atoms with Crippen LogP contribution in [0.2, 0.25) is 0 Å². The maximum Gasteiger partial charge on any atom is 0.411 e. The highest BCUT2D eigenvalue weighted by molar-refractivity contribution is 5.94. The first kappa shape index (κ1) is 21.7. The van der Waals surface area contributed by atoms with E-state index in [1.54, 1.807) is 37.3 Å². The quantitative estimate of drug-likeness (QED) is 0.344. The van der Waals surface area contributed by atoms with Crippen molar-refractivity contribution in [2.75, 3.05) is 11.9 Å². The standard InChI is InChI=1S/C24H18FN3O5/c1-2-32-24(31)28-20-12-22(33-23(30)14-6-5-9-26-13-14)17(25)10-16(20)19-11-21(29)15-7-3-4-8-18(15)27-19/h3-13H,2H2,1H3,(H,27,29)(H,28,31). The molecular formula is C24H18FN3O5.